The summed E-state index contributed by atoms with van der Waals surface area (Å²) in [5.41, 5.74) is -7.52. The number of fused-ring (bicyclic) bond motifs is 5. The molecule has 0 saturated carbocycles. The van der Waals surface area contributed by atoms with Gasteiger partial charge in [0.25, 0.3) is 17.4 Å². The Morgan fingerprint density at radius 1 is 1.12 bits per heavy atom. The van der Waals surface area contributed by atoms with Gasteiger partial charge in [0.1, 0.15) is 11.4 Å². The summed E-state index contributed by atoms with van der Waals surface area (Å²) >= 11 is 0. The van der Waals surface area contributed by atoms with E-state index < -0.39 is 76.2 Å². The van der Waals surface area contributed by atoms with Gasteiger partial charge in [-0.3, -0.25) is 10.1 Å². The minimum atomic E-state index is -5.19. The molecule has 1 aliphatic rings. The molecule has 3 heterocycles. The largest absolute Gasteiger partial charge is 0.428 e. The van der Waals surface area contributed by atoms with E-state index in [1.54, 1.807) is 18.2 Å². The summed E-state index contributed by atoms with van der Waals surface area (Å²) in [5.74, 6) is -2.86. The van der Waals surface area contributed by atoms with Crippen LogP contribution in [0.3, 0.4) is 0 Å². The lowest BCUT2D eigenvalue weighted by Crippen LogP contribution is -2.49. The lowest BCUT2D eigenvalue weighted by Gasteiger charge is -2.33. The van der Waals surface area contributed by atoms with Crippen molar-refractivity contribution in [3.05, 3.63) is 63.5 Å². The zero-order valence-corrected chi connectivity index (χ0v) is 21.1. The lowest BCUT2D eigenvalue weighted by atomic mass is 9.98. The number of benzene rings is 1. The summed E-state index contributed by atoms with van der Waals surface area (Å²) in [7, 11) is 0. The van der Waals surface area contributed by atoms with Crippen molar-refractivity contribution in [2.24, 2.45) is 0 Å². The number of halogens is 6. The monoisotopic (exact) mass is 575 g/mol. The highest BCUT2D eigenvalue weighted by Gasteiger charge is 2.62. The van der Waals surface area contributed by atoms with E-state index >= 15 is 0 Å². The van der Waals surface area contributed by atoms with Crippen LogP contribution in [0.1, 0.15) is 43.7 Å². The average molecular weight is 575 g/mol. The predicted octanol–water partition coefficient (Wildman–Crippen LogP) is 6.03. The van der Waals surface area contributed by atoms with Gasteiger partial charge in [-0.1, -0.05) is 30.3 Å². The van der Waals surface area contributed by atoms with Gasteiger partial charge < -0.3 is 19.2 Å². The van der Waals surface area contributed by atoms with Crippen molar-refractivity contribution < 1.29 is 45.2 Å². The number of nitrogens with one attached hydrogen (secondary N) is 1. The maximum Gasteiger partial charge on any atom is 0.428 e. The normalized spacial score (nSPS) is 19.9. The van der Waals surface area contributed by atoms with Crippen LogP contribution in [-0.4, -0.2) is 45.0 Å². The van der Waals surface area contributed by atoms with Gasteiger partial charge in [-0.2, -0.15) is 26.3 Å². The highest BCUT2D eigenvalue weighted by molar-refractivity contribution is 5.68. The number of hydrogen-bond donors (Lipinski definition) is 1. The molecule has 1 unspecified atom stereocenters. The molecular weight excluding hydrogens is 552 g/mol. The van der Waals surface area contributed by atoms with Crippen molar-refractivity contribution in [2.45, 2.75) is 56.8 Å². The molecule has 0 fully saturated rings. The van der Waals surface area contributed by atoms with Crippen LogP contribution < -0.4 is 5.32 Å². The number of nitro groups is 1. The summed E-state index contributed by atoms with van der Waals surface area (Å²) in [6, 6.07) is 8.13. The number of hydrogen-bond acceptors (Lipinski definition) is 9. The van der Waals surface area contributed by atoms with E-state index in [1.165, 1.54) is 26.0 Å². The Kier molecular flexibility index (Phi) is 7.77. The number of nitrogens with zero attached hydrogens (tertiary/aromatic N) is 4. The molecule has 0 amide bonds. The molecule has 1 aromatic carbocycles. The first kappa shape index (κ1) is 29.2. The maximum absolute atomic E-state index is 14.7. The minimum Gasteiger partial charge on any atom is -0.415 e. The molecule has 1 N–H and O–H groups in total. The molecule has 0 radical (unpaired) electrons. The van der Waals surface area contributed by atoms with Crippen LogP contribution in [0.4, 0.5) is 37.8 Å². The van der Waals surface area contributed by atoms with Crippen molar-refractivity contribution in [1.82, 2.24) is 15.2 Å². The number of aromatic nitrogens is 3. The number of anilines is 1. The van der Waals surface area contributed by atoms with Crippen LogP contribution in [0.25, 0.3) is 11.6 Å². The van der Waals surface area contributed by atoms with Crippen LogP contribution in [0, 0.1) is 10.1 Å². The molecule has 40 heavy (non-hydrogen) atoms. The fourth-order valence-electron chi connectivity index (χ4n) is 4.04. The molecule has 216 valence electrons. The second-order valence-corrected chi connectivity index (χ2v) is 9.68. The summed E-state index contributed by atoms with van der Waals surface area (Å²) in [6.07, 6.45) is -9.97. The van der Waals surface area contributed by atoms with Crippen molar-refractivity contribution in [3.63, 3.8) is 0 Å². The zero-order chi connectivity index (χ0) is 29.3. The van der Waals surface area contributed by atoms with E-state index in [2.05, 4.69) is 20.5 Å². The molecule has 4 rings (SSSR count). The third-order valence-corrected chi connectivity index (χ3v) is 6.12. The smallest absolute Gasteiger partial charge is 0.415 e. The van der Waals surface area contributed by atoms with Gasteiger partial charge in [-0.25, -0.2) is 4.98 Å². The van der Waals surface area contributed by atoms with Gasteiger partial charge in [0.2, 0.25) is 5.69 Å². The fraction of sp³-hybridized carbons (Fsp3) is 0.458. The van der Waals surface area contributed by atoms with Crippen LogP contribution in [0.5, 0.6) is 0 Å². The number of ether oxygens (including phenoxy) is 2. The Balaban J connectivity index is 1.91. The van der Waals surface area contributed by atoms with E-state index in [9.17, 15) is 36.5 Å². The topological polar surface area (TPSA) is 125 Å². The van der Waals surface area contributed by atoms with Gasteiger partial charge in [-0.15, -0.1) is 10.2 Å². The van der Waals surface area contributed by atoms with Gasteiger partial charge in [-0.05, 0) is 32.3 Å². The van der Waals surface area contributed by atoms with Gasteiger partial charge in [0.15, 0.2) is 0 Å². The Morgan fingerprint density at radius 2 is 1.82 bits per heavy atom. The first-order valence-electron chi connectivity index (χ1n) is 11.8. The Hall–Kier alpha value is -3.79. The third-order valence-electron chi connectivity index (χ3n) is 6.12. The highest BCUT2D eigenvalue weighted by Crippen LogP contribution is 2.45. The molecule has 16 heteroatoms. The second kappa shape index (κ2) is 10.6. The first-order valence-corrected chi connectivity index (χ1v) is 11.8. The summed E-state index contributed by atoms with van der Waals surface area (Å²) < 4.78 is 102. The van der Waals surface area contributed by atoms with Gasteiger partial charge >= 0.3 is 18.0 Å². The minimum absolute atomic E-state index is 0.128. The van der Waals surface area contributed by atoms with Crippen molar-refractivity contribution in [1.29, 1.82) is 0 Å². The third kappa shape index (κ3) is 6.01. The van der Waals surface area contributed by atoms with E-state index in [-0.39, 0.29) is 25.5 Å². The zero-order valence-electron chi connectivity index (χ0n) is 21.1. The molecule has 3 aromatic rings. The standard InChI is InChI=1S/C24H23F6N5O5/c1-21(2)9-6-10-38-13-22(24(28,29)30,39-12-14-7-4-3-5-8-14)20-34-33-19(40-20)17-16(35(36)37)11-15(23(25,26)27)18(31-17)32-21/h3-5,7-8,11H,6,9-10,12-13H2,1-2H3,(H,31,32). The Morgan fingerprint density at radius 3 is 2.45 bits per heavy atom. The average Bonchev–Trinajstić information content (AvgIpc) is 3.34. The molecule has 1 aliphatic heterocycles. The molecule has 2 aromatic heterocycles. The summed E-state index contributed by atoms with van der Waals surface area (Å²) in [4.78, 5) is 14.3. The second-order valence-electron chi connectivity index (χ2n) is 9.68. The molecular formula is C24H23F6N5O5. The van der Waals surface area contributed by atoms with Crippen molar-refractivity contribution in [2.75, 3.05) is 18.5 Å². The van der Waals surface area contributed by atoms with E-state index in [0.29, 0.717) is 5.56 Å². The van der Waals surface area contributed by atoms with E-state index in [4.69, 9.17) is 13.9 Å². The van der Waals surface area contributed by atoms with Gasteiger partial charge in [0, 0.05) is 18.2 Å². The quantitative estimate of drug-likeness (QED) is 0.225. The predicted molar refractivity (Wildman–Crippen MR) is 126 cm³/mol. The SMILES string of the molecule is CC1(C)CCCOCC(OCc2ccccc2)(C(F)(F)F)c2nnc(o2)-c2nc(c(C(F)(F)F)cc2[N+](=O)[O-])N1. The number of alkyl halides is 6. The number of rotatable bonds is 4. The Bertz CT molecular complexity index is 1360. The maximum atomic E-state index is 14.7. The summed E-state index contributed by atoms with van der Waals surface area (Å²) in [5, 5.41) is 21.3. The number of pyridine rings is 1. The van der Waals surface area contributed by atoms with Crippen molar-refractivity contribution >= 4 is 11.5 Å². The molecule has 0 aliphatic carbocycles. The summed E-state index contributed by atoms with van der Waals surface area (Å²) in [6.45, 7) is 1.20. The molecule has 0 saturated heterocycles. The Labute approximate surface area is 222 Å². The first-order chi connectivity index (χ1) is 18.6. The van der Waals surface area contributed by atoms with Crippen LogP contribution in [-0.2, 0) is 27.9 Å². The van der Waals surface area contributed by atoms with E-state index in [1.807, 2.05) is 0 Å². The lowest BCUT2D eigenvalue weighted by molar-refractivity contribution is -0.384. The van der Waals surface area contributed by atoms with Crippen LogP contribution in [0.15, 0.2) is 40.8 Å². The molecule has 0 spiro atoms. The highest BCUT2D eigenvalue weighted by atomic mass is 19.4. The fourth-order valence-corrected chi connectivity index (χ4v) is 4.04. The van der Waals surface area contributed by atoms with Gasteiger partial charge in [0.05, 0.1) is 18.1 Å². The molecule has 10 nitrogen and oxygen atoms in total. The molecule has 1 atom stereocenters. The van der Waals surface area contributed by atoms with Crippen LogP contribution >= 0.6 is 0 Å². The van der Waals surface area contributed by atoms with Crippen molar-refractivity contribution in [3.8, 4) is 11.6 Å². The molecule has 4 bridgehead atoms. The van der Waals surface area contributed by atoms with Crippen LogP contribution in [0.2, 0.25) is 0 Å². The van der Waals surface area contributed by atoms with E-state index in [0.717, 1.165) is 0 Å².